The van der Waals surface area contributed by atoms with E-state index in [2.05, 4.69) is 0 Å². The van der Waals surface area contributed by atoms with Crippen molar-refractivity contribution in [3.05, 3.63) is 58.1 Å². The Balaban J connectivity index is 2.58. The van der Waals surface area contributed by atoms with Crippen LogP contribution >= 0.6 is 0 Å². The van der Waals surface area contributed by atoms with Crippen LogP contribution in [0.15, 0.2) is 42.5 Å². The third kappa shape index (κ3) is 2.95. The molecular weight excluding hydrogens is 256 g/mol. The number of nitrogens with two attached hydrogens (primary N) is 1. The number of nitro benzene ring substituents is 1. The molecule has 0 bridgehead atoms. The van der Waals surface area contributed by atoms with Crippen LogP contribution in [0.25, 0.3) is 11.1 Å². The summed E-state index contributed by atoms with van der Waals surface area (Å²) in [5, 5.41) is 11.0. The minimum atomic E-state index is -0.428. The number of methoxy groups -OCH3 is 1. The molecule has 2 N–H and O–H groups in total. The zero-order chi connectivity index (χ0) is 14.5. The van der Waals surface area contributed by atoms with Gasteiger partial charge in [-0.15, -0.1) is 0 Å². The number of nitrogen functional groups attached to an aromatic ring is 1. The molecule has 5 heteroatoms. The Labute approximate surface area is 117 Å². The summed E-state index contributed by atoms with van der Waals surface area (Å²) in [5.74, 6) is 0. The Morgan fingerprint density at radius 3 is 2.55 bits per heavy atom. The highest BCUT2D eigenvalue weighted by molar-refractivity contribution is 5.76. The molecule has 104 valence electrons. The van der Waals surface area contributed by atoms with E-state index in [0.717, 1.165) is 16.7 Å². The quantitative estimate of drug-likeness (QED) is 0.515. The summed E-state index contributed by atoms with van der Waals surface area (Å²) in [6.45, 7) is 0.516. The van der Waals surface area contributed by atoms with Crippen molar-refractivity contribution in [1.29, 1.82) is 0 Å². The molecule has 0 saturated heterocycles. The molecule has 0 atom stereocenters. The fourth-order valence-electron chi connectivity index (χ4n) is 2.14. The third-order valence-corrected chi connectivity index (χ3v) is 3.12. The molecule has 5 nitrogen and oxygen atoms in total. The molecule has 0 unspecified atom stereocenters. The molecule has 0 fully saturated rings. The number of nitrogens with zero attached hydrogens (tertiary/aromatic N) is 1. The third-order valence-electron chi connectivity index (χ3n) is 3.12. The molecule has 0 heterocycles. The summed E-state index contributed by atoms with van der Waals surface area (Å²) in [6, 6.07) is 12.5. The van der Waals surface area contributed by atoms with Gasteiger partial charge in [-0.1, -0.05) is 30.3 Å². The van der Waals surface area contributed by atoms with Gasteiger partial charge < -0.3 is 10.5 Å². The van der Waals surface area contributed by atoms with Crippen molar-refractivity contribution in [2.75, 3.05) is 19.5 Å². The van der Waals surface area contributed by atoms with E-state index in [1.165, 1.54) is 6.07 Å². The molecule has 0 aliphatic rings. The normalized spacial score (nSPS) is 10.4. The van der Waals surface area contributed by atoms with Crippen LogP contribution in [0.5, 0.6) is 0 Å². The minimum Gasteiger partial charge on any atom is -0.398 e. The van der Waals surface area contributed by atoms with Crippen LogP contribution in [0.1, 0.15) is 5.56 Å². The summed E-state index contributed by atoms with van der Waals surface area (Å²) >= 11 is 0. The van der Waals surface area contributed by atoms with E-state index in [0.29, 0.717) is 18.7 Å². The lowest BCUT2D eigenvalue weighted by Crippen LogP contribution is -2.03. The van der Waals surface area contributed by atoms with Gasteiger partial charge in [0.25, 0.3) is 5.69 Å². The first-order chi connectivity index (χ1) is 9.63. The first-order valence-electron chi connectivity index (χ1n) is 6.24. The molecule has 0 aliphatic carbocycles. The Morgan fingerprint density at radius 1 is 1.25 bits per heavy atom. The average Bonchev–Trinajstić information content (AvgIpc) is 2.46. The molecule has 0 aliphatic heterocycles. The van der Waals surface area contributed by atoms with Gasteiger partial charge in [-0.05, 0) is 23.1 Å². The van der Waals surface area contributed by atoms with E-state index in [-0.39, 0.29) is 5.69 Å². The summed E-state index contributed by atoms with van der Waals surface area (Å²) in [7, 11) is 1.61. The standard InChI is InChI=1S/C15H16N2O3/c1-20-8-7-13-14(11-5-3-2-4-6-11)9-12(17(18)19)10-15(13)16/h2-6,9-10H,7-8,16H2,1H3. The van der Waals surface area contributed by atoms with Crippen molar-refractivity contribution in [3.8, 4) is 11.1 Å². The SMILES string of the molecule is COCCc1c(N)cc([N+](=O)[O-])cc1-c1ccccc1. The van der Waals surface area contributed by atoms with Crippen LogP contribution in [0.2, 0.25) is 0 Å². The zero-order valence-corrected chi connectivity index (χ0v) is 11.2. The van der Waals surface area contributed by atoms with Crippen LogP contribution in [0, 0.1) is 10.1 Å². The second kappa shape index (κ2) is 6.16. The van der Waals surface area contributed by atoms with Crippen molar-refractivity contribution >= 4 is 11.4 Å². The highest BCUT2D eigenvalue weighted by atomic mass is 16.6. The van der Waals surface area contributed by atoms with E-state index in [1.807, 2.05) is 30.3 Å². The molecule has 2 aromatic carbocycles. The number of hydrogen-bond donors (Lipinski definition) is 1. The Kier molecular flexibility index (Phi) is 4.32. The van der Waals surface area contributed by atoms with Gasteiger partial charge in [-0.25, -0.2) is 0 Å². The molecule has 2 rings (SSSR count). The number of hydrogen-bond acceptors (Lipinski definition) is 4. The van der Waals surface area contributed by atoms with E-state index in [9.17, 15) is 10.1 Å². The smallest absolute Gasteiger partial charge is 0.272 e. The first-order valence-corrected chi connectivity index (χ1v) is 6.24. The number of anilines is 1. The van der Waals surface area contributed by atoms with Gasteiger partial charge in [0.15, 0.2) is 0 Å². The first kappa shape index (κ1) is 14.0. The van der Waals surface area contributed by atoms with Crippen LogP contribution in [0.4, 0.5) is 11.4 Å². The summed E-state index contributed by atoms with van der Waals surface area (Å²) in [5.41, 5.74) is 8.98. The van der Waals surface area contributed by atoms with Gasteiger partial charge in [0.2, 0.25) is 0 Å². The molecule has 0 saturated carbocycles. The lowest BCUT2D eigenvalue weighted by atomic mass is 9.95. The second-order valence-electron chi connectivity index (χ2n) is 4.43. The predicted molar refractivity (Wildman–Crippen MR) is 78.5 cm³/mol. The van der Waals surface area contributed by atoms with Gasteiger partial charge in [0.05, 0.1) is 11.5 Å². The van der Waals surface area contributed by atoms with Crippen LogP contribution < -0.4 is 5.73 Å². The lowest BCUT2D eigenvalue weighted by Gasteiger charge is -2.12. The summed E-state index contributed by atoms with van der Waals surface area (Å²) < 4.78 is 5.08. The topological polar surface area (TPSA) is 78.4 Å². The van der Waals surface area contributed by atoms with Crippen molar-refractivity contribution in [2.24, 2.45) is 0 Å². The summed E-state index contributed by atoms with van der Waals surface area (Å²) in [4.78, 5) is 10.6. The number of ether oxygens (including phenoxy) is 1. The maximum Gasteiger partial charge on any atom is 0.272 e. The molecule has 0 aromatic heterocycles. The number of nitro groups is 1. The molecule has 0 radical (unpaired) electrons. The van der Waals surface area contributed by atoms with Gasteiger partial charge in [0, 0.05) is 24.9 Å². The number of rotatable bonds is 5. The summed E-state index contributed by atoms with van der Waals surface area (Å²) in [6.07, 6.45) is 0.616. The van der Waals surface area contributed by atoms with Crippen molar-refractivity contribution in [3.63, 3.8) is 0 Å². The number of non-ortho nitro benzene ring substituents is 1. The fraction of sp³-hybridized carbons (Fsp3) is 0.200. The average molecular weight is 272 g/mol. The molecular formula is C15H16N2O3. The zero-order valence-electron chi connectivity index (χ0n) is 11.2. The van der Waals surface area contributed by atoms with Gasteiger partial charge >= 0.3 is 0 Å². The Bertz CT molecular complexity index is 612. The largest absolute Gasteiger partial charge is 0.398 e. The lowest BCUT2D eigenvalue weighted by molar-refractivity contribution is -0.384. The highest BCUT2D eigenvalue weighted by Crippen LogP contribution is 2.32. The highest BCUT2D eigenvalue weighted by Gasteiger charge is 2.16. The fourth-order valence-corrected chi connectivity index (χ4v) is 2.14. The minimum absolute atomic E-state index is 0.00233. The van der Waals surface area contributed by atoms with Gasteiger partial charge in [-0.2, -0.15) is 0 Å². The molecule has 0 spiro atoms. The van der Waals surface area contributed by atoms with Crippen LogP contribution in [-0.4, -0.2) is 18.6 Å². The van der Waals surface area contributed by atoms with Gasteiger partial charge in [-0.3, -0.25) is 10.1 Å². The molecule has 0 amide bonds. The molecule has 2 aromatic rings. The van der Waals surface area contributed by atoms with Crippen molar-refractivity contribution in [2.45, 2.75) is 6.42 Å². The monoisotopic (exact) mass is 272 g/mol. The van der Waals surface area contributed by atoms with Crippen molar-refractivity contribution < 1.29 is 9.66 Å². The second-order valence-corrected chi connectivity index (χ2v) is 4.43. The maximum absolute atomic E-state index is 11.0. The number of benzene rings is 2. The molecule has 20 heavy (non-hydrogen) atoms. The Hall–Kier alpha value is -2.40. The van der Waals surface area contributed by atoms with Crippen LogP contribution in [-0.2, 0) is 11.2 Å². The predicted octanol–water partition coefficient (Wildman–Crippen LogP) is 3.03. The van der Waals surface area contributed by atoms with E-state index in [4.69, 9.17) is 10.5 Å². The van der Waals surface area contributed by atoms with E-state index >= 15 is 0 Å². The van der Waals surface area contributed by atoms with Crippen LogP contribution in [0.3, 0.4) is 0 Å². The van der Waals surface area contributed by atoms with E-state index < -0.39 is 4.92 Å². The van der Waals surface area contributed by atoms with Gasteiger partial charge in [0.1, 0.15) is 0 Å². The Morgan fingerprint density at radius 2 is 1.95 bits per heavy atom. The van der Waals surface area contributed by atoms with E-state index in [1.54, 1.807) is 13.2 Å². The van der Waals surface area contributed by atoms with Crippen molar-refractivity contribution in [1.82, 2.24) is 0 Å². The maximum atomic E-state index is 11.0.